The molecule has 1 atom stereocenters. The van der Waals surface area contributed by atoms with Gasteiger partial charge in [0.2, 0.25) is 0 Å². The van der Waals surface area contributed by atoms with E-state index in [9.17, 15) is 0 Å². The smallest absolute Gasteiger partial charge is 0.0480 e. The van der Waals surface area contributed by atoms with Crippen LogP contribution in [0.4, 0.5) is 5.69 Å². The molecule has 0 aliphatic carbocycles. The Hall–Kier alpha value is -1.06. The van der Waals surface area contributed by atoms with Gasteiger partial charge < -0.3 is 15.8 Å². The van der Waals surface area contributed by atoms with Crippen LogP contribution in [-0.4, -0.2) is 19.3 Å². The van der Waals surface area contributed by atoms with E-state index in [2.05, 4.69) is 24.4 Å². The summed E-state index contributed by atoms with van der Waals surface area (Å²) in [6, 6.07) is 9.05. The molecule has 1 heterocycles. The lowest BCUT2D eigenvalue weighted by molar-refractivity contribution is 0.0754. The molecule has 1 aromatic carbocycles. The van der Waals surface area contributed by atoms with E-state index in [1.807, 2.05) is 12.1 Å². The molecule has 1 fully saturated rings. The number of benzene rings is 1. The van der Waals surface area contributed by atoms with Crippen LogP contribution in [0, 0.1) is 0 Å². The molecule has 0 amide bonds. The Morgan fingerprint density at radius 3 is 2.50 bits per heavy atom. The Labute approximate surface area is 97.0 Å². The highest BCUT2D eigenvalue weighted by molar-refractivity contribution is 5.40. The van der Waals surface area contributed by atoms with E-state index in [1.165, 1.54) is 5.56 Å². The average molecular weight is 220 g/mol. The fourth-order valence-electron chi connectivity index (χ4n) is 2.10. The highest BCUT2D eigenvalue weighted by Crippen LogP contribution is 2.17. The molecule has 88 valence electrons. The van der Waals surface area contributed by atoms with Crippen molar-refractivity contribution in [1.29, 1.82) is 0 Å². The van der Waals surface area contributed by atoms with Crippen molar-refractivity contribution < 1.29 is 4.74 Å². The van der Waals surface area contributed by atoms with Crippen molar-refractivity contribution in [2.75, 3.05) is 18.9 Å². The molecule has 0 spiro atoms. The van der Waals surface area contributed by atoms with Gasteiger partial charge in [-0.25, -0.2) is 0 Å². The van der Waals surface area contributed by atoms with Crippen LogP contribution < -0.4 is 11.1 Å². The van der Waals surface area contributed by atoms with Gasteiger partial charge in [0.25, 0.3) is 0 Å². The summed E-state index contributed by atoms with van der Waals surface area (Å²) in [5.41, 5.74) is 7.79. The summed E-state index contributed by atoms with van der Waals surface area (Å²) in [6.45, 7) is 3.96. The largest absolute Gasteiger partial charge is 0.399 e. The third-order valence-corrected chi connectivity index (χ3v) is 3.14. The second kappa shape index (κ2) is 5.32. The molecule has 0 aromatic heterocycles. The summed E-state index contributed by atoms with van der Waals surface area (Å²) in [5, 5.41) is 3.63. The summed E-state index contributed by atoms with van der Waals surface area (Å²) in [6.07, 6.45) is 2.22. The molecule has 1 aliphatic heterocycles. The van der Waals surface area contributed by atoms with E-state index < -0.39 is 0 Å². The molecule has 0 bridgehead atoms. The zero-order valence-electron chi connectivity index (χ0n) is 9.78. The highest BCUT2D eigenvalue weighted by Gasteiger charge is 2.16. The van der Waals surface area contributed by atoms with Gasteiger partial charge in [0.05, 0.1) is 0 Å². The Morgan fingerprint density at radius 2 is 1.88 bits per heavy atom. The lowest BCUT2D eigenvalue weighted by atomic mass is 10.0. The van der Waals surface area contributed by atoms with Gasteiger partial charge in [-0.15, -0.1) is 0 Å². The summed E-state index contributed by atoms with van der Waals surface area (Å²) in [4.78, 5) is 0. The van der Waals surface area contributed by atoms with Gasteiger partial charge in [-0.3, -0.25) is 0 Å². The van der Waals surface area contributed by atoms with Gasteiger partial charge in [0, 0.05) is 31.0 Å². The minimum absolute atomic E-state index is 0.378. The van der Waals surface area contributed by atoms with Gasteiger partial charge >= 0.3 is 0 Å². The number of nitrogens with one attached hydrogen (secondary N) is 1. The number of hydrogen-bond acceptors (Lipinski definition) is 3. The maximum atomic E-state index is 5.67. The molecule has 0 radical (unpaired) electrons. The van der Waals surface area contributed by atoms with Crippen LogP contribution in [0.3, 0.4) is 0 Å². The minimum atomic E-state index is 0.378. The monoisotopic (exact) mass is 220 g/mol. The van der Waals surface area contributed by atoms with Crippen LogP contribution in [0.15, 0.2) is 24.3 Å². The van der Waals surface area contributed by atoms with Crippen molar-refractivity contribution in [1.82, 2.24) is 5.32 Å². The first-order valence-corrected chi connectivity index (χ1v) is 5.95. The zero-order chi connectivity index (χ0) is 11.4. The second-order valence-corrected chi connectivity index (χ2v) is 4.44. The van der Waals surface area contributed by atoms with Crippen LogP contribution in [0.5, 0.6) is 0 Å². The second-order valence-electron chi connectivity index (χ2n) is 4.44. The van der Waals surface area contributed by atoms with E-state index in [4.69, 9.17) is 10.5 Å². The standard InChI is InChI=1S/C13H20N2O/c1-10(11-2-4-12(14)5-3-11)15-13-6-8-16-9-7-13/h2-5,10,13,15H,6-9,14H2,1H3. The first-order valence-electron chi connectivity index (χ1n) is 5.95. The van der Waals surface area contributed by atoms with Crippen molar-refractivity contribution in [3.05, 3.63) is 29.8 Å². The van der Waals surface area contributed by atoms with Crippen molar-refractivity contribution in [2.45, 2.75) is 31.8 Å². The third-order valence-electron chi connectivity index (χ3n) is 3.14. The number of nitrogens with two attached hydrogens (primary N) is 1. The molecule has 2 rings (SSSR count). The molecule has 0 saturated carbocycles. The molecule has 1 aliphatic rings. The quantitative estimate of drug-likeness (QED) is 0.767. The Kier molecular flexibility index (Phi) is 3.80. The first-order chi connectivity index (χ1) is 7.75. The molecule has 1 unspecified atom stereocenters. The Bertz CT molecular complexity index is 317. The SMILES string of the molecule is CC(NC1CCOCC1)c1ccc(N)cc1. The van der Waals surface area contributed by atoms with Crippen molar-refractivity contribution in [2.24, 2.45) is 0 Å². The van der Waals surface area contributed by atoms with Gasteiger partial charge in [-0.05, 0) is 37.5 Å². The molecular formula is C13H20N2O. The van der Waals surface area contributed by atoms with Gasteiger partial charge in [0.1, 0.15) is 0 Å². The molecule has 1 aromatic rings. The first kappa shape index (κ1) is 11.4. The van der Waals surface area contributed by atoms with Crippen LogP contribution in [0.1, 0.15) is 31.4 Å². The average Bonchev–Trinajstić information content (AvgIpc) is 2.31. The van der Waals surface area contributed by atoms with E-state index in [0.717, 1.165) is 31.7 Å². The van der Waals surface area contributed by atoms with Crippen molar-refractivity contribution in [3.8, 4) is 0 Å². The van der Waals surface area contributed by atoms with Gasteiger partial charge in [0.15, 0.2) is 0 Å². The topological polar surface area (TPSA) is 47.3 Å². The van der Waals surface area contributed by atoms with E-state index in [1.54, 1.807) is 0 Å². The van der Waals surface area contributed by atoms with Crippen molar-refractivity contribution in [3.63, 3.8) is 0 Å². The number of hydrogen-bond donors (Lipinski definition) is 2. The van der Waals surface area contributed by atoms with E-state index in [-0.39, 0.29) is 0 Å². The fourth-order valence-corrected chi connectivity index (χ4v) is 2.10. The van der Waals surface area contributed by atoms with Crippen LogP contribution in [0.25, 0.3) is 0 Å². The molecule has 3 nitrogen and oxygen atoms in total. The van der Waals surface area contributed by atoms with Crippen LogP contribution in [0.2, 0.25) is 0 Å². The van der Waals surface area contributed by atoms with E-state index >= 15 is 0 Å². The number of ether oxygens (including phenoxy) is 1. The lowest BCUT2D eigenvalue weighted by Crippen LogP contribution is -2.36. The van der Waals surface area contributed by atoms with Gasteiger partial charge in [-0.2, -0.15) is 0 Å². The van der Waals surface area contributed by atoms with Crippen LogP contribution in [-0.2, 0) is 4.74 Å². The normalized spacial score (nSPS) is 19.6. The summed E-state index contributed by atoms with van der Waals surface area (Å²) >= 11 is 0. The molecular weight excluding hydrogens is 200 g/mol. The molecule has 3 heteroatoms. The van der Waals surface area contributed by atoms with Crippen LogP contribution >= 0.6 is 0 Å². The number of nitrogen functional groups attached to an aromatic ring is 1. The Balaban J connectivity index is 1.91. The molecule has 3 N–H and O–H groups in total. The predicted octanol–water partition coefficient (Wildman–Crippen LogP) is 2.10. The summed E-state index contributed by atoms with van der Waals surface area (Å²) < 4.78 is 5.35. The summed E-state index contributed by atoms with van der Waals surface area (Å²) in [7, 11) is 0. The Morgan fingerprint density at radius 1 is 1.25 bits per heavy atom. The zero-order valence-corrected chi connectivity index (χ0v) is 9.78. The lowest BCUT2D eigenvalue weighted by Gasteiger charge is -2.27. The molecule has 16 heavy (non-hydrogen) atoms. The number of rotatable bonds is 3. The minimum Gasteiger partial charge on any atom is -0.399 e. The van der Waals surface area contributed by atoms with Crippen molar-refractivity contribution >= 4 is 5.69 Å². The maximum absolute atomic E-state index is 5.67. The highest BCUT2D eigenvalue weighted by atomic mass is 16.5. The predicted molar refractivity (Wildman–Crippen MR) is 66.2 cm³/mol. The summed E-state index contributed by atoms with van der Waals surface area (Å²) in [5.74, 6) is 0. The van der Waals surface area contributed by atoms with E-state index in [0.29, 0.717) is 12.1 Å². The number of anilines is 1. The fraction of sp³-hybridized carbons (Fsp3) is 0.538. The molecule has 1 saturated heterocycles. The van der Waals surface area contributed by atoms with Gasteiger partial charge in [-0.1, -0.05) is 12.1 Å². The third kappa shape index (κ3) is 2.97. The maximum Gasteiger partial charge on any atom is 0.0480 e.